The minimum absolute atomic E-state index is 0.641. The molecule has 0 radical (unpaired) electrons. The van der Waals surface area contributed by atoms with Crippen molar-refractivity contribution in [3.63, 3.8) is 0 Å². The van der Waals surface area contributed by atoms with Crippen molar-refractivity contribution in [3.05, 3.63) is 30.2 Å². The SMILES string of the molecule is Cc1cnn(-c2nccc(N3CCCC3)n2)c1. The molecule has 0 aliphatic carbocycles. The number of aryl methyl sites for hydroxylation is 1. The highest BCUT2D eigenvalue weighted by Crippen LogP contribution is 2.17. The second-order valence-electron chi connectivity index (χ2n) is 4.37. The molecule has 0 amide bonds. The molecular weight excluding hydrogens is 214 g/mol. The van der Waals surface area contributed by atoms with E-state index in [-0.39, 0.29) is 0 Å². The van der Waals surface area contributed by atoms with Crippen molar-refractivity contribution < 1.29 is 0 Å². The summed E-state index contributed by atoms with van der Waals surface area (Å²) in [5, 5.41) is 4.23. The Kier molecular flexibility index (Phi) is 2.51. The van der Waals surface area contributed by atoms with Gasteiger partial charge in [-0.3, -0.25) is 0 Å². The Bertz CT molecular complexity index is 513. The Morgan fingerprint density at radius 1 is 1.24 bits per heavy atom. The molecule has 1 aliphatic heterocycles. The lowest BCUT2D eigenvalue weighted by molar-refractivity contribution is 0.797. The topological polar surface area (TPSA) is 46.8 Å². The first kappa shape index (κ1) is 10.3. The van der Waals surface area contributed by atoms with E-state index in [4.69, 9.17) is 0 Å². The third kappa shape index (κ3) is 2.00. The van der Waals surface area contributed by atoms with Crippen molar-refractivity contribution >= 4 is 5.82 Å². The first-order chi connectivity index (χ1) is 8.33. The molecule has 1 saturated heterocycles. The maximum Gasteiger partial charge on any atom is 0.252 e. The first-order valence-electron chi connectivity index (χ1n) is 5.92. The van der Waals surface area contributed by atoms with Gasteiger partial charge in [0.25, 0.3) is 5.95 Å². The molecule has 0 N–H and O–H groups in total. The molecule has 3 heterocycles. The Labute approximate surface area is 100 Å². The molecule has 0 saturated carbocycles. The number of hydrogen-bond donors (Lipinski definition) is 0. The van der Waals surface area contributed by atoms with Crippen LogP contribution < -0.4 is 4.90 Å². The van der Waals surface area contributed by atoms with Gasteiger partial charge in [0.05, 0.1) is 6.20 Å². The van der Waals surface area contributed by atoms with Crippen molar-refractivity contribution in [2.24, 2.45) is 0 Å². The van der Waals surface area contributed by atoms with Gasteiger partial charge in [-0.1, -0.05) is 0 Å². The molecule has 3 rings (SSSR count). The zero-order chi connectivity index (χ0) is 11.7. The number of nitrogens with zero attached hydrogens (tertiary/aromatic N) is 5. The van der Waals surface area contributed by atoms with Gasteiger partial charge in [-0.25, -0.2) is 9.67 Å². The largest absolute Gasteiger partial charge is 0.356 e. The molecule has 5 heteroatoms. The summed E-state index contributed by atoms with van der Waals surface area (Å²) in [6, 6.07) is 1.96. The normalized spacial score (nSPS) is 15.5. The fraction of sp³-hybridized carbons (Fsp3) is 0.417. The minimum atomic E-state index is 0.641. The summed E-state index contributed by atoms with van der Waals surface area (Å²) in [4.78, 5) is 11.1. The lowest BCUT2D eigenvalue weighted by Crippen LogP contribution is -2.19. The number of anilines is 1. The molecule has 0 bridgehead atoms. The van der Waals surface area contributed by atoms with E-state index in [0.29, 0.717) is 5.95 Å². The second-order valence-corrected chi connectivity index (χ2v) is 4.37. The second kappa shape index (κ2) is 4.16. The van der Waals surface area contributed by atoms with Crippen LogP contribution in [0.2, 0.25) is 0 Å². The van der Waals surface area contributed by atoms with Gasteiger partial charge in [-0.05, 0) is 31.4 Å². The van der Waals surface area contributed by atoms with E-state index < -0.39 is 0 Å². The van der Waals surface area contributed by atoms with Crippen molar-refractivity contribution in [2.45, 2.75) is 19.8 Å². The standard InChI is InChI=1S/C12H15N5/c1-10-8-14-17(9-10)12-13-5-4-11(15-12)16-6-2-3-7-16/h4-5,8-9H,2-3,6-7H2,1H3. The molecule has 0 atom stereocenters. The van der Waals surface area contributed by atoms with Gasteiger partial charge in [-0.15, -0.1) is 0 Å². The molecular formula is C12H15N5. The van der Waals surface area contributed by atoms with Crippen molar-refractivity contribution in [1.82, 2.24) is 19.7 Å². The summed E-state index contributed by atoms with van der Waals surface area (Å²) in [5.74, 6) is 1.64. The third-order valence-electron chi connectivity index (χ3n) is 2.97. The smallest absolute Gasteiger partial charge is 0.252 e. The Balaban J connectivity index is 1.93. The highest BCUT2D eigenvalue weighted by molar-refractivity contribution is 5.40. The van der Waals surface area contributed by atoms with Crippen LogP contribution in [0.4, 0.5) is 5.82 Å². The monoisotopic (exact) mass is 229 g/mol. The number of rotatable bonds is 2. The summed E-state index contributed by atoms with van der Waals surface area (Å²) < 4.78 is 1.72. The predicted octanol–water partition coefficient (Wildman–Crippen LogP) is 1.57. The average molecular weight is 229 g/mol. The zero-order valence-corrected chi connectivity index (χ0v) is 9.87. The Hall–Kier alpha value is -1.91. The van der Waals surface area contributed by atoms with Gasteiger partial charge in [0.1, 0.15) is 5.82 Å². The summed E-state index contributed by atoms with van der Waals surface area (Å²) in [6.45, 7) is 4.19. The molecule has 0 spiro atoms. The van der Waals surface area contributed by atoms with Gasteiger partial charge in [0, 0.05) is 25.5 Å². The molecule has 5 nitrogen and oxygen atoms in total. The molecule has 2 aromatic rings. The van der Waals surface area contributed by atoms with Crippen molar-refractivity contribution in [1.29, 1.82) is 0 Å². The lowest BCUT2D eigenvalue weighted by Gasteiger charge is -2.16. The first-order valence-corrected chi connectivity index (χ1v) is 5.92. The van der Waals surface area contributed by atoms with Crippen LogP contribution in [0.5, 0.6) is 0 Å². The van der Waals surface area contributed by atoms with Gasteiger partial charge >= 0.3 is 0 Å². The highest BCUT2D eigenvalue weighted by atomic mass is 15.4. The molecule has 2 aromatic heterocycles. The van der Waals surface area contributed by atoms with E-state index in [1.165, 1.54) is 12.8 Å². The lowest BCUT2D eigenvalue weighted by atomic mass is 10.4. The predicted molar refractivity (Wildman–Crippen MR) is 65.3 cm³/mol. The van der Waals surface area contributed by atoms with Gasteiger partial charge < -0.3 is 4.90 Å². The third-order valence-corrected chi connectivity index (χ3v) is 2.97. The van der Waals surface area contributed by atoms with Crippen LogP contribution in [0.15, 0.2) is 24.7 Å². The van der Waals surface area contributed by atoms with Crippen LogP contribution in [0.25, 0.3) is 5.95 Å². The average Bonchev–Trinajstić information content (AvgIpc) is 3.00. The maximum absolute atomic E-state index is 4.55. The van der Waals surface area contributed by atoms with E-state index in [9.17, 15) is 0 Å². The summed E-state index contributed by atoms with van der Waals surface area (Å²) in [6.07, 6.45) is 8.04. The molecule has 0 aromatic carbocycles. The molecule has 1 aliphatic rings. The van der Waals surface area contributed by atoms with Crippen molar-refractivity contribution in [2.75, 3.05) is 18.0 Å². The van der Waals surface area contributed by atoms with Crippen LogP contribution in [0.3, 0.4) is 0 Å². The fourth-order valence-electron chi connectivity index (χ4n) is 2.09. The van der Waals surface area contributed by atoms with E-state index in [1.54, 1.807) is 10.9 Å². The summed E-state index contributed by atoms with van der Waals surface area (Å²) in [7, 11) is 0. The Morgan fingerprint density at radius 2 is 2.06 bits per heavy atom. The highest BCUT2D eigenvalue weighted by Gasteiger charge is 2.14. The van der Waals surface area contributed by atoms with E-state index in [2.05, 4.69) is 20.0 Å². The molecule has 0 unspecified atom stereocenters. The molecule has 88 valence electrons. The van der Waals surface area contributed by atoms with Gasteiger partial charge in [0.2, 0.25) is 0 Å². The maximum atomic E-state index is 4.55. The fourth-order valence-corrected chi connectivity index (χ4v) is 2.09. The number of aromatic nitrogens is 4. The number of hydrogen-bond acceptors (Lipinski definition) is 4. The van der Waals surface area contributed by atoms with Crippen LogP contribution >= 0.6 is 0 Å². The zero-order valence-electron chi connectivity index (χ0n) is 9.87. The van der Waals surface area contributed by atoms with Crippen molar-refractivity contribution in [3.8, 4) is 5.95 Å². The quantitative estimate of drug-likeness (QED) is 0.784. The molecule has 17 heavy (non-hydrogen) atoms. The van der Waals surface area contributed by atoms with E-state index in [1.807, 2.05) is 25.4 Å². The van der Waals surface area contributed by atoms with Crippen LogP contribution in [-0.4, -0.2) is 32.8 Å². The van der Waals surface area contributed by atoms with E-state index >= 15 is 0 Å². The Morgan fingerprint density at radius 3 is 2.76 bits per heavy atom. The van der Waals surface area contributed by atoms with Crippen LogP contribution in [-0.2, 0) is 0 Å². The summed E-state index contributed by atoms with van der Waals surface area (Å²) >= 11 is 0. The van der Waals surface area contributed by atoms with Gasteiger partial charge in [0.15, 0.2) is 0 Å². The van der Waals surface area contributed by atoms with Crippen LogP contribution in [0.1, 0.15) is 18.4 Å². The van der Waals surface area contributed by atoms with Gasteiger partial charge in [-0.2, -0.15) is 10.1 Å². The molecule has 1 fully saturated rings. The van der Waals surface area contributed by atoms with Crippen LogP contribution in [0, 0.1) is 6.92 Å². The summed E-state index contributed by atoms with van der Waals surface area (Å²) in [5.41, 5.74) is 1.11. The minimum Gasteiger partial charge on any atom is -0.356 e. The van der Waals surface area contributed by atoms with E-state index in [0.717, 1.165) is 24.5 Å².